The highest BCUT2D eigenvalue weighted by atomic mass is 16.5. The topological polar surface area (TPSA) is 26.3 Å². The lowest BCUT2D eigenvalue weighted by Gasteiger charge is -2.09. The smallest absolute Gasteiger partial charge is 0.134 e. The Bertz CT molecular complexity index is 342. The molecule has 2 nitrogen and oxygen atoms in total. The van der Waals surface area contributed by atoms with Gasteiger partial charge in [0.05, 0.1) is 7.11 Å². The van der Waals surface area contributed by atoms with Crippen LogP contribution in [0, 0.1) is 0 Å². The molecular formula is C13H18O2. The van der Waals surface area contributed by atoms with Gasteiger partial charge in [-0.15, -0.1) is 0 Å². The SMILES string of the molecule is CCCc1ccc(CC(C)=O)cc1OC. The molecule has 0 unspecified atom stereocenters. The van der Waals surface area contributed by atoms with Crippen LogP contribution in [-0.4, -0.2) is 12.9 Å². The molecule has 1 rings (SSSR count). The molecule has 1 aromatic carbocycles. The van der Waals surface area contributed by atoms with Gasteiger partial charge in [0.2, 0.25) is 0 Å². The van der Waals surface area contributed by atoms with Gasteiger partial charge >= 0.3 is 0 Å². The first-order chi connectivity index (χ1) is 7.17. The Morgan fingerprint density at radius 3 is 2.67 bits per heavy atom. The molecule has 0 fully saturated rings. The second-order valence-corrected chi connectivity index (χ2v) is 3.77. The summed E-state index contributed by atoms with van der Waals surface area (Å²) >= 11 is 0. The highest BCUT2D eigenvalue weighted by Gasteiger charge is 2.04. The maximum Gasteiger partial charge on any atom is 0.134 e. The normalized spacial score (nSPS) is 10.1. The number of methoxy groups -OCH3 is 1. The fraction of sp³-hybridized carbons (Fsp3) is 0.462. The van der Waals surface area contributed by atoms with Crippen LogP contribution >= 0.6 is 0 Å². The van der Waals surface area contributed by atoms with Gasteiger partial charge in [0.15, 0.2) is 0 Å². The van der Waals surface area contributed by atoms with Crippen molar-refractivity contribution in [2.45, 2.75) is 33.1 Å². The third-order valence-electron chi connectivity index (χ3n) is 2.32. The van der Waals surface area contributed by atoms with E-state index in [1.165, 1.54) is 5.56 Å². The van der Waals surface area contributed by atoms with Crippen LogP contribution in [0.4, 0.5) is 0 Å². The van der Waals surface area contributed by atoms with Crippen LogP contribution in [0.2, 0.25) is 0 Å². The van der Waals surface area contributed by atoms with E-state index in [4.69, 9.17) is 4.74 Å². The molecule has 0 aliphatic heterocycles. The highest BCUT2D eigenvalue weighted by Crippen LogP contribution is 2.21. The first-order valence-electron chi connectivity index (χ1n) is 5.32. The van der Waals surface area contributed by atoms with Crippen molar-refractivity contribution >= 4 is 5.78 Å². The van der Waals surface area contributed by atoms with E-state index in [9.17, 15) is 4.79 Å². The van der Waals surface area contributed by atoms with E-state index in [1.807, 2.05) is 12.1 Å². The molecule has 0 aliphatic carbocycles. The van der Waals surface area contributed by atoms with Crippen LogP contribution in [0.3, 0.4) is 0 Å². The number of ketones is 1. The molecule has 0 bridgehead atoms. The summed E-state index contributed by atoms with van der Waals surface area (Å²) < 4.78 is 5.31. The summed E-state index contributed by atoms with van der Waals surface area (Å²) in [6, 6.07) is 6.03. The fourth-order valence-electron chi connectivity index (χ4n) is 1.66. The predicted molar refractivity (Wildman–Crippen MR) is 61.4 cm³/mol. The highest BCUT2D eigenvalue weighted by molar-refractivity contribution is 5.78. The maximum atomic E-state index is 11.0. The summed E-state index contributed by atoms with van der Waals surface area (Å²) in [5.41, 5.74) is 2.24. The van der Waals surface area contributed by atoms with Crippen molar-refractivity contribution in [2.24, 2.45) is 0 Å². The van der Waals surface area contributed by atoms with Crippen molar-refractivity contribution in [2.75, 3.05) is 7.11 Å². The molecule has 0 amide bonds. The van der Waals surface area contributed by atoms with Crippen molar-refractivity contribution < 1.29 is 9.53 Å². The van der Waals surface area contributed by atoms with Crippen LogP contribution < -0.4 is 4.74 Å². The molecule has 0 heterocycles. The minimum absolute atomic E-state index is 0.181. The molecule has 2 heteroatoms. The zero-order chi connectivity index (χ0) is 11.3. The summed E-state index contributed by atoms with van der Waals surface area (Å²) in [5.74, 6) is 1.08. The van der Waals surface area contributed by atoms with E-state index >= 15 is 0 Å². The zero-order valence-corrected chi connectivity index (χ0v) is 9.67. The number of benzene rings is 1. The van der Waals surface area contributed by atoms with Crippen molar-refractivity contribution in [1.29, 1.82) is 0 Å². The molecular weight excluding hydrogens is 188 g/mol. The van der Waals surface area contributed by atoms with Crippen molar-refractivity contribution in [3.63, 3.8) is 0 Å². The van der Waals surface area contributed by atoms with Crippen LogP contribution in [0.1, 0.15) is 31.4 Å². The van der Waals surface area contributed by atoms with Crippen molar-refractivity contribution in [1.82, 2.24) is 0 Å². The minimum Gasteiger partial charge on any atom is -0.496 e. The standard InChI is InChI=1S/C13H18O2/c1-4-5-12-7-6-11(8-10(2)14)9-13(12)15-3/h6-7,9H,4-5,8H2,1-3H3. The average molecular weight is 206 g/mol. The minimum atomic E-state index is 0.181. The molecule has 15 heavy (non-hydrogen) atoms. The Morgan fingerprint density at radius 2 is 2.13 bits per heavy atom. The van der Waals surface area contributed by atoms with Gasteiger partial charge in [-0.3, -0.25) is 4.79 Å². The van der Waals surface area contributed by atoms with Gasteiger partial charge in [-0.1, -0.05) is 25.5 Å². The Balaban J connectivity index is 2.91. The van der Waals surface area contributed by atoms with Gasteiger partial charge in [-0.25, -0.2) is 0 Å². The van der Waals surface area contributed by atoms with Crippen LogP contribution in [0.15, 0.2) is 18.2 Å². The average Bonchev–Trinajstić information content (AvgIpc) is 2.20. The molecule has 0 atom stereocenters. The quantitative estimate of drug-likeness (QED) is 0.740. The lowest BCUT2D eigenvalue weighted by Crippen LogP contribution is -1.99. The number of hydrogen-bond acceptors (Lipinski definition) is 2. The van der Waals surface area contributed by atoms with E-state index < -0.39 is 0 Å². The zero-order valence-electron chi connectivity index (χ0n) is 9.67. The lowest BCUT2D eigenvalue weighted by atomic mass is 10.0. The van der Waals surface area contributed by atoms with E-state index in [-0.39, 0.29) is 5.78 Å². The molecule has 0 N–H and O–H groups in total. The second kappa shape index (κ2) is 5.54. The van der Waals surface area contributed by atoms with Gasteiger partial charge in [0.1, 0.15) is 11.5 Å². The second-order valence-electron chi connectivity index (χ2n) is 3.77. The molecule has 1 aromatic rings. The molecule has 0 spiro atoms. The number of aryl methyl sites for hydroxylation is 1. The molecule has 0 saturated heterocycles. The Morgan fingerprint density at radius 1 is 1.40 bits per heavy atom. The van der Waals surface area contributed by atoms with Crippen LogP contribution in [0.25, 0.3) is 0 Å². The van der Waals surface area contributed by atoms with E-state index in [0.717, 1.165) is 24.2 Å². The summed E-state index contributed by atoms with van der Waals surface area (Å²) in [5, 5.41) is 0. The Kier molecular flexibility index (Phi) is 4.35. The summed E-state index contributed by atoms with van der Waals surface area (Å²) in [4.78, 5) is 11.0. The number of Topliss-reactive ketones (excluding diaryl/α,β-unsaturated/α-hetero) is 1. The van der Waals surface area contributed by atoms with Gasteiger partial charge < -0.3 is 4.74 Å². The van der Waals surface area contributed by atoms with Crippen LogP contribution in [0.5, 0.6) is 5.75 Å². The molecule has 0 radical (unpaired) electrons. The van der Waals surface area contributed by atoms with Gasteiger partial charge in [-0.2, -0.15) is 0 Å². The Labute approximate surface area is 91.3 Å². The molecule has 0 saturated carbocycles. The molecule has 0 aliphatic rings. The largest absolute Gasteiger partial charge is 0.496 e. The first-order valence-corrected chi connectivity index (χ1v) is 5.32. The Hall–Kier alpha value is -1.31. The maximum absolute atomic E-state index is 11.0. The third-order valence-corrected chi connectivity index (χ3v) is 2.32. The van der Waals surface area contributed by atoms with Crippen molar-refractivity contribution in [3.05, 3.63) is 29.3 Å². The number of rotatable bonds is 5. The van der Waals surface area contributed by atoms with E-state index in [1.54, 1.807) is 14.0 Å². The summed E-state index contributed by atoms with van der Waals surface area (Å²) in [6.07, 6.45) is 2.61. The first kappa shape index (κ1) is 11.8. The van der Waals surface area contributed by atoms with Gasteiger partial charge in [0.25, 0.3) is 0 Å². The summed E-state index contributed by atoms with van der Waals surface area (Å²) in [6.45, 7) is 3.75. The van der Waals surface area contributed by atoms with Crippen LogP contribution in [-0.2, 0) is 17.6 Å². The fourth-order valence-corrected chi connectivity index (χ4v) is 1.66. The third kappa shape index (κ3) is 3.39. The summed E-state index contributed by atoms with van der Waals surface area (Å²) in [7, 11) is 1.67. The van der Waals surface area contributed by atoms with E-state index in [0.29, 0.717) is 6.42 Å². The molecule has 0 aromatic heterocycles. The lowest BCUT2D eigenvalue weighted by molar-refractivity contribution is -0.116. The van der Waals surface area contributed by atoms with Gasteiger partial charge in [0, 0.05) is 6.42 Å². The number of carbonyl (C=O) groups excluding carboxylic acids is 1. The number of hydrogen-bond donors (Lipinski definition) is 0. The van der Waals surface area contributed by atoms with E-state index in [2.05, 4.69) is 13.0 Å². The van der Waals surface area contributed by atoms with Crippen molar-refractivity contribution in [3.8, 4) is 5.75 Å². The number of ether oxygens (including phenoxy) is 1. The predicted octanol–water partition coefficient (Wildman–Crippen LogP) is 2.78. The number of carbonyl (C=O) groups is 1. The monoisotopic (exact) mass is 206 g/mol. The van der Waals surface area contributed by atoms with Gasteiger partial charge in [-0.05, 0) is 30.5 Å². The molecule has 82 valence electrons.